The molecular weight excluding hydrogens is 400 g/mol. The SMILES string of the molecule is CC(C)c1cccc(C(C)C)c1NC(=O)NS(=O)(=O)c1ccc2c(c1)C(=O)CCC2. The Kier molecular flexibility index (Phi) is 6.31. The number of nitrogens with one attached hydrogen (secondary N) is 2. The molecule has 0 saturated heterocycles. The van der Waals surface area contributed by atoms with Gasteiger partial charge in [-0.1, -0.05) is 52.0 Å². The van der Waals surface area contributed by atoms with Crippen LogP contribution in [0, 0.1) is 0 Å². The number of ketones is 1. The number of hydrogen-bond donors (Lipinski definition) is 2. The van der Waals surface area contributed by atoms with Crippen LogP contribution in [0.4, 0.5) is 10.5 Å². The number of hydrogen-bond acceptors (Lipinski definition) is 4. The topological polar surface area (TPSA) is 92.3 Å². The van der Waals surface area contributed by atoms with Crippen LogP contribution in [0.3, 0.4) is 0 Å². The van der Waals surface area contributed by atoms with Crippen molar-refractivity contribution in [3.05, 3.63) is 58.7 Å². The van der Waals surface area contributed by atoms with E-state index in [-0.39, 0.29) is 22.5 Å². The first-order valence-electron chi connectivity index (χ1n) is 10.2. The highest BCUT2D eigenvalue weighted by Crippen LogP contribution is 2.32. The predicted molar refractivity (Wildman–Crippen MR) is 118 cm³/mol. The summed E-state index contributed by atoms with van der Waals surface area (Å²) < 4.78 is 27.6. The number of fused-ring (bicyclic) bond motifs is 1. The molecule has 0 aliphatic heterocycles. The van der Waals surface area contributed by atoms with Crippen molar-refractivity contribution in [2.75, 3.05) is 5.32 Å². The fraction of sp³-hybridized carbons (Fsp3) is 0.391. The molecule has 30 heavy (non-hydrogen) atoms. The standard InChI is InChI=1S/C23H28N2O4S/c1-14(2)18-8-6-9-19(15(3)4)22(18)24-23(27)25-30(28,29)17-12-11-16-7-5-10-21(26)20(16)13-17/h6,8-9,11-15H,5,7,10H2,1-4H3,(H2,24,25,27). The highest BCUT2D eigenvalue weighted by Gasteiger charge is 2.24. The Hall–Kier alpha value is -2.67. The molecule has 0 heterocycles. The molecule has 0 saturated carbocycles. The van der Waals surface area contributed by atoms with Gasteiger partial charge in [0.25, 0.3) is 10.0 Å². The van der Waals surface area contributed by atoms with E-state index in [1.807, 2.05) is 45.9 Å². The van der Waals surface area contributed by atoms with Crippen LogP contribution in [0.25, 0.3) is 0 Å². The minimum Gasteiger partial charge on any atom is -0.307 e. The lowest BCUT2D eigenvalue weighted by Gasteiger charge is -2.20. The fourth-order valence-electron chi connectivity index (χ4n) is 3.79. The molecular formula is C23H28N2O4S. The molecule has 0 fully saturated rings. The van der Waals surface area contributed by atoms with Gasteiger partial charge in [0.15, 0.2) is 5.78 Å². The van der Waals surface area contributed by atoms with Gasteiger partial charge in [0.1, 0.15) is 0 Å². The fourth-order valence-corrected chi connectivity index (χ4v) is 4.72. The molecule has 3 rings (SSSR count). The van der Waals surface area contributed by atoms with Crippen molar-refractivity contribution in [1.29, 1.82) is 0 Å². The van der Waals surface area contributed by atoms with E-state index < -0.39 is 16.1 Å². The molecule has 6 nitrogen and oxygen atoms in total. The molecule has 0 unspecified atom stereocenters. The second kappa shape index (κ2) is 8.60. The van der Waals surface area contributed by atoms with Gasteiger partial charge >= 0.3 is 6.03 Å². The van der Waals surface area contributed by atoms with E-state index in [4.69, 9.17) is 0 Å². The van der Waals surface area contributed by atoms with Crippen molar-refractivity contribution >= 4 is 27.5 Å². The van der Waals surface area contributed by atoms with E-state index in [1.54, 1.807) is 6.07 Å². The number of carbonyl (C=O) groups is 2. The van der Waals surface area contributed by atoms with Crippen LogP contribution >= 0.6 is 0 Å². The van der Waals surface area contributed by atoms with E-state index in [0.717, 1.165) is 29.5 Å². The summed E-state index contributed by atoms with van der Waals surface area (Å²) in [4.78, 5) is 24.7. The van der Waals surface area contributed by atoms with Crippen LogP contribution in [-0.4, -0.2) is 20.2 Å². The van der Waals surface area contributed by atoms with Gasteiger partial charge < -0.3 is 5.32 Å². The summed E-state index contributed by atoms with van der Waals surface area (Å²) in [6, 6.07) is 9.43. The average molecular weight is 429 g/mol. The zero-order valence-corrected chi connectivity index (χ0v) is 18.6. The quantitative estimate of drug-likeness (QED) is 0.704. The summed E-state index contributed by atoms with van der Waals surface area (Å²) in [5.41, 5.74) is 3.79. The molecule has 2 aromatic carbocycles. The van der Waals surface area contributed by atoms with Gasteiger partial charge in [-0.2, -0.15) is 0 Å². The molecule has 2 amide bonds. The normalized spacial score (nSPS) is 14.0. The Bertz CT molecular complexity index is 1060. The average Bonchev–Trinajstić information content (AvgIpc) is 2.67. The second-order valence-electron chi connectivity index (χ2n) is 8.28. The first-order chi connectivity index (χ1) is 14.1. The Balaban J connectivity index is 1.87. The van der Waals surface area contributed by atoms with Crippen molar-refractivity contribution in [3.8, 4) is 0 Å². The number of rotatable bonds is 5. The predicted octanol–water partition coefficient (Wildman–Crippen LogP) is 4.96. The van der Waals surface area contributed by atoms with Crippen molar-refractivity contribution in [1.82, 2.24) is 4.72 Å². The van der Waals surface area contributed by atoms with Gasteiger partial charge in [-0.25, -0.2) is 17.9 Å². The number of amides is 2. The van der Waals surface area contributed by atoms with Crippen molar-refractivity contribution in [2.45, 2.75) is 63.7 Å². The van der Waals surface area contributed by atoms with Gasteiger partial charge in [0, 0.05) is 17.7 Å². The van der Waals surface area contributed by atoms with E-state index in [2.05, 4.69) is 10.0 Å². The molecule has 1 aliphatic carbocycles. The lowest BCUT2D eigenvalue weighted by atomic mass is 9.91. The van der Waals surface area contributed by atoms with Crippen molar-refractivity contribution in [3.63, 3.8) is 0 Å². The van der Waals surface area contributed by atoms with Crippen LogP contribution < -0.4 is 10.0 Å². The van der Waals surface area contributed by atoms with Crippen LogP contribution in [0.2, 0.25) is 0 Å². The minimum absolute atomic E-state index is 0.0646. The van der Waals surface area contributed by atoms with E-state index in [9.17, 15) is 18.0 Å². The largest absolute Gasteiger partial charge is 0.333 e. The monoisotopic (exact) mass is 428 g/mol. The number of urea groups is 1. The molecule has 1 aliphatic rings. The van der Waals surface area contributed by atoms with Crippen LogP contribution in [0.1, 0.15) is 79.4 Å². The number of sulfonamides is 1. The number of para-hydroxylation sites is 1. The maximum Gasteiger partial charge on any atom is 0.333 e. The minimum atomic E-state index is -4.12. The van der Waals surface area contributed by atoms with Gasteiger partial charge in [-0.15, -0.1) is 0 Å². The van der Waals surface area contributed by atoms with Gasteiger partial charge in [0.05, 0.1) is 4.90 Å². The van der Waals surface area contributed by atoms with Crippen LogP contribution in [0.15, 0.2) is 41.3 Å². The van der Waals surface area contributed by atoms with Gasteiger partial charge in [0.2, 0.25) is 0 Å². The smallest absolute Gasteiger partial charge is 0.307 e. The summed E-state index contributed by atoms with van der Waals surface area (Å²) >= 11 is 0. The van der Waals surface area contributed by atoms with E-state index in [1.165, 1.54) is 12.1 Å². The number of aryl methyl sites for hydroxylation is 1. The van der Waals surface area contributed by atoms with Gasteiger partial charge in [-0.3, -0.25) is 4.79 Å². The number of Topliss-reactive ketones (excluding diaryl/α,β-unsaturated/α-hetero) is 1. The van der Waals surface area contributed by atoms with Crippen LogP contribution in [0.5, 0.6) is 0 Å². The third kappa shape index (κ3) is 4.56. The van der Waals surface area contributed by atoms with Crippen molar-refractivity contribution in [2.24, 2.45) is 0 Å². The molecule has 2 N–H and O–H groups in total. The second-order valence-corrected chi connectivity index (χ2v) is 9.96. The Morgan fingerprint density at radius 2 is 1.60 bits per heavy atom. The molecule has 0 aromatic heterocycles. The van der Waals surface area contributed by atoms with E-state index in [0.29, 0.717) is 17.7 Å². The molecule has 0 atom stereocenters. The molecule has 0 spiro atoms. The summed E-state index contributed by atoms with van der Waals surface area (Å²) in [5, 5.41) is 2.74. The Morgan fingerprint density at radius 3 is 2.20 bits per heavy atom. The zero-order valence-electron chi connectivity index (χ0n) is 17.8. The third-order valence-electron chi connectivity index (χ3n) is 5.38. The third-order valence-corrected chi connectivity index (χ3v) is 6.71. The number of carbonyl (C=O) groups excluding carboxylic acids is 2. The lowest BCUT2D eigenvalue weighted by molar-refractivity contribution is 0.0972. The van der Waals surface area contributed by atoms with E-state index >= 15 is 0 Å². The lowest BCUT2D eigenvalue weighted by Crippen LogP contribution is -2.35. The summed E-state index contributed by atoms with van der Waals surface area (Å²) in [7, 11) is -4.12. The number of benzene rings is 2. The first-order valence-corrected chi connectivity index (χ1v) is 11.7. The number of anilines is 1. The zero-order chi connectivity index (χ0) is 22.1. The molecule has 7 heteroatoms. The van der Waals surface area contributed by atoms with Gasteiger partial charge in [-0.05, 0) is 53.5 Å². The summed E-state index contributed by atoms with van der Waals surface area (Å²) in [6.07, 6.45) is 1.93. The van der Waals surface area contributed by atoms with Crippen LogP contribution in [-0.2, 0) is 16.4 Å². The highest BCUT2D eigenvalue weighted by molar-refractivity contribution is 7.90. The first kappa shape index (κ1) is 22.0. The molecule has 160 valence electrons. The molecule has 0 radical (unpaired) electrons. The highest BCUT2D eigenvalue weighted by atomic mass is 32.2. The van der Waals surface area contributed by atoms with Crippen molar-refractivity contribution < 1.29 is 18.0 Å². The summed E-state index contributed by atoms with van der Waals surface area (Å²) in [6.45, 7) is 8.07. The maximum absolute atomic E-state index is 12.8. The Morgan fingerprint density at radius 1 is 0.967 bits per heavy atom. The molecule has 0 bridgehead atoms. The maximum atomic E-state index is 12.8. The Labute approximate surface area is 178 Å². The molecule has 2 aromatic rings. The summed E-state index contributed by atoms with van der Waals surface area (Å²) in [5.74, 6) is 0.245.